The first-order valence-electron chi connectivity index (χ1n) is 18.1. The van der Waals surface area contributed by atoms with E-state index in [0.29, 0.717) is 51.6 Å². The normalized spacial score (nSPS) is 11.4. The first kappa shape index (κ1) is 37.8. The minimum atomic E-state index is -0.539. The molecule has 6 rings (SSSR count). The minimum absolute atomic E-state index is 0.337. The number of hydrogen-bond acceptors (Lipinski definition) is 12. The smallest absolute Gasteiger partial charge is 0.345 e. The summed E-state index contributed by atoms with van der Waals surface area (Å²) in [6.45, 7) is 7.02. The van der Waals surface area contributed by atoms with E-state index in [4.69, 9.17) is 28.3 Å². The molecule has 0 spiro atoms. The van der Waals surface area contributed by atoms with E-state index in [9.17, 15) is 19.2 Å². The SMILES string of the molecule is CCCCCCc1cc2cc(-c3csc(Cc4nc(-c5cc6cc(CCCCCC)c(OC(C)=O)cc6oc5=O)cs4)n3)c(=O)oc2cc1OC(C)=O. The van der Waals surface area contributed by atoms with Crippen molar-refractivity contribution in [2.45, 2.75) is 98.3 Å². The number of carbonyl (C=O) groups excluding carboxylic acids is 2. The van der Waals surface area contributed by atoms with Crippen LogP contribution in [0.15, 0.2) is 65.6 Å². The Morgan fingerprint density at radius 3 is 1.45 bits per heavy atom. The van der Waals surface area contributed by atoms with Gasteiger partial charge in [0.2, 0.25) is 0 Å². The fourth-order valence-corrected chi connectivity index (χ4v) is 7.97. The first-order valence-corrected chi connectivity index (χ1v) is 19.9. The molecule has 12 heteroatoms. The molecule has 4 aromatic heterocycles. The minimum Gasteiger partial charge on any atom is -0.426 e. The Bertz CT molecular complexity index is 2220. The van der Waals surface area contributed by atoms with Crippen molar-refractivity contribution in [3.8, 4) is 34.0 Å². The van der Waals surface area contributed by atoms with E-state index in [2.05, 4.69) is 13.8 Å². The number of carbonyl (C=O) groups is 2. The zero-order valence-electron chi connectivity index (χ0n) is 30.4. The molecule has 0 N–H and O–H groups in total. The number of hydrogen-bond donors (Lipinski definition) is 0. The fraction of sp³-hybridized carbons (Fsp3) is 0.366. The number of esters is 2. The van der Waals surface area contributed by atoms with E-state index >= 15 is 0 Å². The average Bonchev–Trinajstić information content (AvgIpc) is 3.78. The Labute approximate surface area is 314 Å². The highest BCUT2D eigenvalue weighted by Crippen LogP contribution is 2.33. The summed E-state index contributed by atoms with van der Waals surface area (Å²) in [6.07, 6.45) is 10.4. The summed E-state index contributed by atoms with van der Waals surface area (Å²) in [5.41, 5.74) is 3.05. The van der Waals surface area contributed by atoms with Gasteiger partial charge in [-0.15, -0.1) is 22.7 Å². The van der Waals surface area contributed by atoms with Gasteiger partial charge in [0.1, 0.15) is 32.7 Å². The second-order valence-electron chi connectivity index (χ2n) is 13.1. The summed E-state index contributed by atoms with van der Waals surface area (Å²) in [6, 6.07) is 10.6. The van der Waals surface area contributed by atoms with E-state index in [1.165, 1.54) is 36.5 Å². The first-order chi connectivity index (χ1) is 25.6. The van der Waals surface area contributed by atoms with Gasteiger partial charge in [0, 0.05) is 47.5 Å². The molecule has 276 valence electrons. The molecule has 0 aliphatic rings. The molecule has 0 unspecified atom stereocenters. The molecule has 2 aromatic carbocycles. The number of nitrogens with zero attached hydrogens (tertiary/aromatic N) is 2. The summed E-state index contributed by atoms with van der Waals surface area (Å²) in [5.74, 6) is -0.0408. The van der Waals surface area contributed by atoms with Crippen LogP contribution in [0.1, 0.15) is 100 Å². The number of ether oxygens (including phenoxy) is 2. The fourth-order valence-electron chi connectivity index (χ4n) is 6.28. The van der Waals surface area contributed by atoms with Crippen LogP contribution in [0.4, 0.5) is 0 Å². The van der Waals surface area contributed by atoms with Crippen molar-refractivity contribution < 1.29 is 27.9 Å². The van der Waals surface area contributed by atoms with Crippen molar-refractivity contribution in [2.75, 3.05) is 0 Å². The molecule has 0 atom stereocenters. The number of rotatable bonds is 16. The van der Waals surface area contributed by atoms with Crippen LogP contribution >= 0.6 is 22.7 Å². The van der Waals surface area contributed by atoms with Gasteiger partial charge in [0.25, 0.3) is 0 Å². The van der Waals surface area contributed by atoms with Gasteiger partial charge >= 0.3 is 23.2 Å². The predicted octanol–water partition coefficient (Wildman–Crippen LogP) is 9.83. The van der Waals surface area contributed by atoms with E-state index in [1.54, 1.807) is 24.3 Å². The van der Waals surface area contributed by atoms with Crippen molar-refractivity contribution in [3.05, 3.63) is 89.1 Å². The summed E-state index contributed by atoms with van der Waals surface area (Å²) >= 11 is 2.82. The van der Waals surface area contributed by atoms with Gasteiger partial charge in [-0.05, 0) is 61.1 Å². The van der Waals surface area contributed by atoms with E-state index in [1.807, 2.05) is 22.9 Å². The zero-order chi connectivity index (χ0) is 37.5. The third kappa shape index (κ3) is 9.36. The van der Waals surface area contributed by atoms with E-state index < -0.39 is 23.2 Å². The Balaban J connectivity index is 1.23. The molecule has 0 radical (unpaired) electrons. The van der Waals surface area contributed by atoms with Crippen molar-refractivity contribution in [1.82, 2.24) is 9.97 Å². The molecular formula is C41H42N2O8S2. The molecule has 4 heterocycles. The van der Waals surface area contributed by atoms with Gasteiger partial charge in [0.05, 0.1) is 28.9 Å². The third-order valence-electron chi connectivity index (χ3n) is 8.90. The monoisotopic (exact) mass is 754 g/mol. The molecule has 0 saturated heterocycles. The molecule has 0 amide bonds. The second kappa shape index (κ2) is 17.3. The molecule has 10 nitrogen and oxygen atoms in total. The van der Waals surface area contributed by atoms with Crippen molar-refractivity contribution in [1.29, 1.82) is 0 Å². The van der Waals surface area contributed by atoms with Crippen LogP contribution in [0.25, 0.3) is 44.5 Å². The number of aromatic nitrogens is 2. The predicted molar refractivity (Wildman–Crippen MR) is 208 cm³/mol. The third-order valence-corrected chi connectivity index (χ3v) is 10.6. The number of aryl methyl sites for hydroxylation is 2. The van der Waals surface area contributed by atoms with Gasteiger partial charge in [0.15, 0.2) is 0 Å². The Morgan fingerprint density at radius 1 is 0.623 bits per heavy atom. The van der Waals surface area contributed by atoms with Crippen LogP contribution in [-0.2, 0) is 28.9 Å². The van der Waals surface area contributed by atoms with Crippen LogP contribution in [0, 0.1) is 0 Å². The lowest BCUT2D eigenvalue weighted by Gasteiger charge is -2.11. The molecule has 0 bridgehead atoms. The molecule has 53 heavy (non-hydrogen) atoms. The standard InChI is InChI=1S/C41H42N2O8S2/c1-5-7-9-11-13-26-15-28-17-30(40(46)50-36(28)19-34(26)48-24(3)44)32-22-52-38(42-32)21-39-43-33(23-53-39)31-18-29-16-27(14-12-10-8-6-2)35(49-25(4)45)20-37(29)51-41(31)47/h15-20,22-23H,5-14,21H2,1-4H3. The average molecular weight is 755 g/mol. The second-order valence-corrected chi connectivity index (χ2v) is 15.0. The topological polar surface area (TPSA) is 139 Å². The van der Waals surface area contributed by atoms with Gasteiger partial charge < -0.3 is 18.3 Å². The quantitative estimate of drug-likeness (QED) is 0.0406. The van der Waals surface area contributed by atoms with Crippen LogP contribution in [0.2, 0.25) is 0 Å². The lowest BCUT2D eigenvalue weighted by molar-refractivity contribution is -0.132. The highest BCUT2D eigenvalue weighted by atomic mass is 32.1. The maximum atomic E-state index is 13.1. The number of unbranched alkanes of at least 4 members (excludes halogenated alkanes) is 6. The molecular weight excluding hydrogens is 713 g/mol. The summed E-state index contributed by atoms with van der Waals surface area (Å²) in [5, 5.41) is 6.59. The number of thiazole rings is 2. The van der Waals surface area contributed by atoms with E-state index in [-0.39, 0.29) is 0 Å². The summed E-state index contributed by atoms with van der Waals surface area (Å²) in [7, 11) is 0. The van der Waals surface area contributed by atoms with Crippen molar-refractivity contribution in [3.63, 3.8) is 0 Å². The van der Waals surface area contributed by atoms with Gasteiger partial charge in [-0.1, -0.05) is 52.4 Å². The van der Waals surface area contributed by atoms with Crippen LogP contribution in [0.5, 0.6) is 11.5 Å². The molecule has 6 aromatic rings. The van der Waals surface area contributed by atoms with Gasteiger partial charge in [-0.3, -0.25) is 9.59 Å². The highest BCUT2D eigenvalue weighted by Gasteiger charge is 2.18. The lowest BCUT2D eigenvalue weighted by Crippen LogP contribution is -2.06. The lowest BCUT2D eigenvalue weighted by atomic mass is 10.0. The van der Waals surface area contributed by atoms with Gasteiger partial charge in [-0.25, -0.2) is 19.6 Å². The maximum Gasteiger partial charge on any atom is 0.345 e. The highest BCUT2D eigenvalue weighted by molar-refractivity contribution is 7.11. The Morgan fingerprint density at radius 2 is 1.06 bits per heavy atom. The molecule has 0 fully saturated rings. The zero-order valence-corrected chi connectivity index (χ0v) is 32.0. The maximum absolute atomic E-state index is 13.1. The van der Waals surface area contributed by atoms with Crippen LogP contribution in [0.3, 0.4) is 0 Å². The summed E-state index contributed by atoms with van der Waals surface area (Å²) in [4.78, 5) is 59.3. The Kier molecular flexibility index (Phi) is 12.3. The number of fused-ring (bicyclic) bond motifs is 2. The molecule has 0 aliphatic carbocycles. The molecule has 0 aliphatic heterocycles. The molecule has 0 saturated carbocycles. The van der Waals surface area contributed by atoms with Crippen LogP contribution < -0.4 is 20.7 Å². The van der Waals surface area contributed by atoms with Gasteiger partial charge in [-0.2, -0.15) is 0 Å². The van der Waals surface area contributed by atoms with Crippen molar-refractivity contribution in [2.24, 2.45) is 0 Å². The summed E-state index contributed by atoms with van der Waals surface area (Å²) < 4.78 is 22.3. The van der Waals surface area contributed by atoms with E-state index in [0.717, 1.165) is 96.1 Å². The van der Waals surface area contributed by atoms with Crippen molar-refractivity contribution >= 4 is 56.6 Å². The largest absolute Gasteiger partial charge is 0.426 e. The van der Waals surface area contributed by atoms with Crippen LogP contribution in [-0.4, -0.2) is 21.9 Å². The Hall–Kier alpha value is -4.94. The number of benzene rings is 2.